The Morgan fingerprint density at radius 1 is 1.04 bits per heavy atom. The lowest BCUT2D eigenvalue weighted by Gasteiger charge is -2.26. The number of rotatable bonds is 3. The molecular weight excluding hydrogens is 327 g/mol. The fraction of sp³-hybridized carbons (Fsp3) is 0.556. The largest absolute Gasteiger partial charge is 0.484 e. The number of carbonyl (C=O) groups excluding carboxylic acids is 2. The molecule has 6 nitrogen and oxygen atoms in total. The first kappa shape index (κ1) is 19.0. The van der Waals surface area contributed by atoms with E-state index in [1.807, 2.05) is 20.8 Å². The summed E-state index contributed by atoms with van der Waals surface area (Å²) in [6, 6.07) is 5.53. The third kappa shape index (κ3) is 6.25. The molecule has 0 spiro atoms. The molecule has 0 atom stereocenters. The Kier molecular flexibility index (Phi) is 6.22. The second-order valence-corrected chi connectivity index (χ2v) is 6.94. The van der Waals surface area contributed by atoms with Crippen LogP contribution in [0.5, 0.6) is 5.75 Å². The monoisotopic (exact) mass is 352 g/mol. The van der Waals surface area contributed by atoms with Crippen LogP contribution in [0.1, 0.15) is 27.2 Å². The molecule has 7 heteroatoms. The van der Waals surface area contributed by atoms with Crippen LogP contribution in [0.4, 0.5) is 9.18 Å². The molecule has 2 rings (SSSR count). The number of ether oxygens (including phenoxy) is 2. The van der Waals surface area contributed by atoms with Crippen molar-refractivity contribution in [3.63, 3.8) is 0 Å². The van der Waals surface area contributed by atoms with Crippen molar-refractivity contribution in [2.24, 2.45) is 0 Å². The third-order valence-electron chi connectivity index (χ3n) is 3.68. The molecule has 1 aromatic rings. The Morgan fingerprint density at radius 2 is 1.64 bits per heavy atom. The Morgan fingerprint density at radius 3 is 2.28 bits per heavy atom. The summed E-state index contributed by atoms with van der Waals surface area (Å²) in [4.78, 5) is 27.7. The van der Waals surface area contributed by atoms with Crippen LogP contribution in [0.25, 0.3) is 0 Å². The highest BCUT2D eigenvalue weighted by atomic mass is 19.1. The zero-order valence-corrected chi connectivity index (χ0v) is 15.0. The second-order valence-electron chi connectivity index (χ2n) is 6.94. The first-order valence-electron chi connectivity index (χ1n) is 8.39. The first-order valence-corrected chi connectivity index (χ1v) is 8.39. The summed E-state index contributed by atoms with van der Waals surface area (Å²) < 4.78 is 23.6. The molecule has 1 fully saturated rings. The molecule has 0 N–H and O–H groups in total. The summed E-state index contributed by atoms with van der Waals surface area (Å²) in [5.74, 6) is -0.0660. The van der Waals surface area contributed by atoms with Gasteiger partial charge < -0.3 is 19.3 Å². The molecule has 2 amide bonds. The minimum Gasteiger partial charge on any atom is -0.484 e. The SMILES string of the molecule is CC(C)(C)OC(=O)N1CCCN(C(=O)COc2ccc(F)cc2)CC1. The number of benzene rings is 1. The van der Waals surface area contributed by atoms with Crippen molar-refractivity contribution < 1.29 is 23.5 Å². The molecule has 1 aromatic carbocycles. The Hall–Kier alpha value is -2.31. The maximum atomic E-state index is 12.9. The summed E-state index contributed by atoms with van der Waals surface area (Å²) in [7, 11) is 0. The van der Waals surface area contributed by atoms with Gasteiger partial charge in [-0.3, -0.25) is 4.79 Å². The minimum absolute atomic E-state index is 0.113. The predicted molar refractivity (Wildman–Crippen MR) is 90.9 cm³/mol. The van der Waals surface area contributed by atoms with Gasteiger partial charge in [0.25, 0.3) is 5.91 Å². The van der Waals surface area contributed by atoms with Crippen molar-refractivity contribution in [1.82, 2.24) is 9.80 Å². The Labute approximate surface area is 147 Å². The van der Waals surface area contributed by atoms with Crippen LogP contribution in [-0.4, -0.2) is 60.2 Å². The van der Waals surface area contributed by atoms with Gasteiger partial charge in [0.05, 0.1) is 0 Å². The van der Waals surface area contributed by atoms with Gasteiger partial charge in [-0.2, -0.15) is 0 Å². The van der Waals surface area contributed by atoms with Crippen molar-refractivity contribution in [2.45, 2.75) is 32.8 Å². The van der Waals surface area contributed by atoms with Gasteiger partial charge in [0, 0.05) is 26.2 Å². The van der Waals surface area contributed by atoms with Gasteiger partial charge in [0.2, 0.25) is 0 Å². The summed E-state index contributed by atoms with van der Waals surface area (Å²) in [6.07, 6.45) is 0.325. The number of hydrogen-bond donors (Lipinski definition) is 0. The second kappa shape index (κ2) is 8.18. The van der Waals surface area contributed by atoms with E-state index in [-0.39, 0.29) is 24.4 Å². The van der Waals surface area contributed by atoms with Crippen LogP contribution in [0.2, 0.25) is 0 Å². The van der Waals surface area contributed by atoms with Crippen LogP contribution in [-0.2, 0) is 9.53 Å². The number of carbonyl (C=O) groups is 2. The van der Waals surface area contributed by atoms with Gasteiger partial charge in [-0.1, -0.05) is 0 Å². The normalized spacial score (nSPS) is 15.5. The number of hydrogen-bond acceptors (Lipinski definition) is 4. The number of nitrogens with zero attached hydrogens (tertiary/aromatic N) is 2. The molecule has 0 unspecified atom stereocenters. The van der Waals surface area contributed by atoms with Gasteiger partial charge in [0.15, 0.2) is 6.61 Å². The van der Waals surface area contributed by atoms with E-state index in [9.17, 15) is 14.0 Å². The summed E-state index contributed by atoms with van der Waals surface area (Å²) >= 11 is 0. The van der Waals surface area contributed by atoms with E-state index >= 15 is 0 Å². The molecule has 1 aliphatic rings. The average molecular weight is 352 g/mol. The minimum atomic E-state index is -0.540. The van der Waals surface area contributed by atoms with E-state index in [4.69, 9.17) is 9.47 Å². The van der Waals surface area contributed by atoms with E-state index in [2.05, 4.69) is 0 Å². The van der Waals surface area contributed by atoms with Crippen molar-refractivity contribution in [1.29, 1.82) is 0 Å². The summed E-state index contributed by atoms with van der Waals surface area (Å²) in [5.41, 5.74) is -0.540. The molecule has 0 radical (unpaired) electrons. The van der Waals surface area contributed by atoms with Crippen molar-refractivity contribution >= 4 is 12.0 Å². The lowest BCUT2D eigenvalue weighted by Crippen LogP contribution is -2.41. The van der Waals surface area contributed by atoms with Crippen LogP contribution < -0.4 is 4.74 Å². The molecule has 138 valence electrons. The van der Waals surface area contributed by atoms with E-state index in [0.717, 1.165) is 0 Å². The van der Waals surface area contributed by atoms with Crippen molar-refractivity contribution in [2.75, 3.05) is 32.8 Å². The quantitative estimate of drug-likeness (QED) is 0.839. The first-order chi connectivity index (χ1) is 11.7. The standard InChI is InChI=1S/C18H25FN2O4/c1-18(2,3)25-17(23)21-10-4-9-20(11-12-21)16(22)13-24-15-7-5-14(19)6-8-15/h5-8H,4,9-13H2,1-3H3. The fourth-order valence-electron chi connectivity index (χ4n) is 2.44. The van der Waals surface area contributed by atoms with Gasteiger partial charge in [-0.25, -0.2) is 9.18 Å². The van der Waals surface area contributed by atoms with Crippen LogP contribution in [0, 0.1) is 5.82 Å². The molecule has 0 saturated carbocycles. The van der Waals surface area contributed by atoms with Gasteiger partial charge in [-0.15, -0.1) is 0 Å². The van der Waals surface area contributed by atoms with E-state index in [1.165, 1.54) is 24.3 Å². The predicted octanol–water partition coefficient (Wildman–Crippen LogP) is 2.67. The van der Waals surface area contributed by atoms with E-state index < -0.39 is 5.60 Å². The number of halogens is 1. The maximum absolute atomic E-state index is 12.9. The van der Waals surface area contributed by atoms with Crippen molar-refractivity contribution in [3.8, 4) is 5.75 Å². The molecule has 0 bridgehead atoms. The topological polar surface area (TPSA) is 59.1 Å². The smallest absolute Gasteiger partial charge is 0.410 e. The molecule has 0 aromatic heterocycles. The van der Waals surface area contributed by atoms with Crippen LogP contribution in [0.3, 0.4) is 0 Å². The highest BCUT2D eigenvalue weighted by Gasteiger charge is 2.26. The van der Waals surface area contributed by atoms with Crippen LogP contribution in [0.15, 0.2) is 24.3 Å². The molecule has 1 heterocycles. The highest BCUT2D eigenvalue weighted by Crippen LogP contribution is 2.13. The average Bonchev–Trinajstić information content (AvgIpc) is 2.78. The van der Waals surface area contributed by atoms with E-state index in [1.54, 1.807) is 9.80 Å². The number of amides is 2. The molecular formula is C18H25FN2O4. The molecule has 25 heavy (non-hydrogen) atoms. The Balaban J connectivity index is 1.82. The van der Waals surface area contributed by atoms with E-state index in [0.29, 0.717) is 38.3 Å². The lowest BCUT2D eigenvalue weighted by molar-refractivity contribution is -0.133. The summed E-state index contributed by atoms with van der Waals surface area (Å²) in [5, 5.41) is 0. The Bertz CT molecular complexity index is 598. The van der Waals surface area contributed by atoms with Gasteiger partial charge in [0.1, 0.15) is 17.2 Å². The molecule has 1 aliphatic heterocycles. The summed E-state index contributed by atoms with van der Waals surface area (Å²) in [6.45, 7) is 7.34. The van der Waals surface area contributed by atoms with Gasteiger partial charge >= 0.3 is 6.09 Å². The lowest BCUT2D eigenvalue weighted by atomic mass is 10.2. The van der Waals surface area contributed by atoms with Crippen molar-refractivity contribution in [3.05, 3.63) is 30.1 Å². The zero-order chi connectivity index (χ0) is 18.4. The highest BCUT2D eigenvalue weighted by molar-refractivity contribution is 5.78. The maximum Gasteiger partial charge on any atom is 0.410 e. The fourth-order valence-corrected chi connectivity index (χ4v) is 2.44. The third-order valence-corrected chi connectivity index (χ3v) is 3.68. The molecule has 1 saturated heterocycles. The van der Waals surface area contributed by atoms with Crippen LogP contribution >= 0.6 is 0 Å². The van der Waals surface area contributed by atoms with Gasteiger partial charge in [-0.05, 0) is 51.5 Å². The molecule has 0 aliphatic carbocycles. The zero-order valence-electron chi connectivity index (χ0n) is 15.0.